The number of aromatic amines is 1. The van der Waals surface area contributed by atoms with Crippen molar-refractivity contribution in [3.63, 3.8) is 0 Å². The summed E-state index contributed by atoms with van der Waals surface area (Å²) in [5.41, 5.74) is 2.54. The molecule has 3 aromatic rings. The van der Waals surface area contributed by atoms with Gasteiger partial charge in [-0.25, -0.2) is 0 Å². The molecule has 1 aromatic heterocycles. The van der Waals surface area contributed by atoms with Crippen molar-refractivity contribution in [2.75, 3.05) is 5.32 Å². The van der Waals surface area contributed by atoms with Gasteiger partial charge in [0.25, 0.3) is 5.91 Å². The molecule has 0 atom stereocenters. The Hall–Kier alpha value is -2.46. The van der Waals surface area contributed by atoms with Crippen LogP contribution < -0.4 is 5.32 Å². The maximum atomic E-state index is 12.2. The molecule has 0 fully saturated rings. The van der Waals surface area contributed by atoms with Gasteiger partial charge in [0, 0.05) is 15.9 Å². The van der Waals surface area contributed by atoms with Crippen molar-refractivity contribution in [2.24, 2.45) is 0 Å². The fourth-order valence-corrected chi connectivity index (χ4v) is 2.33. The SMILES string of the molecule is Cc1ccc(O)c(NC(=O)c2cc3ccc(Cl)cc3[nH]2)c1. The van der Waals surface area contributed by atoms with Crippen molar-refractivity contribution >= 4 is 34.1 Å². The van der Waals surface area contributed by atoms with Crippen LogP contribution in [0.15, 0.2) is 42.5 Å². The molecule has 3 N–H and O–H groups in total. The topological polar surface area (TPSA) is 65.1 Å². The molecule has 0 bridgehead atoms. The number of phenolic OH excluding ortho intramolecular Hbond substituents is 1. The number of hydrogen-bond acceptors (Lipinski definition) is 2. The van der Waals surface area contributed by atoms with Gasteiger partial charge in [-0.3, -0.25) is 4.79 Å². The Morgan fingerprint density at radius 2 is 2.00 bits per heavy atom. The first-order valence-corrected chi connectivity index (χ1v) is 6.80. The van der Waals surface area contributed by atoms with Crippen LogP contribution in [0, 0.1) is 6.92 Å². The minimum atomic E-state index is -0.316. The molecule has 0 aliphatic rings. The standard InChI is InChI=1S/C16H13ClN2O2/c1-9-2-5-15(20)13(6-9)19-16(21)14-7-10-3-4-11(17)8-12(10)18-14/h2-8,18,20H,1H3,(H,19,21). The largest absolute Gasteiger partial charge is 0.506 e. The number of benzene rings is 2. The van der Waals surface area contributed by atoms with Gasteiger partial charge in [0.1, 0.15) is 11.4 Å². The summed E-state index contributed by atoms with van der Waals surface area (Å²) < 4.78 is 0. The first kappa shape index (κ1) is 13.5. The molecule has 0 aliphatic heterocycles. The Labute approximate surface area is 126 Å². The van der Waals surface area contributed by atoms with Crippen LogP contribution in [0.5, 0.6) is 5.75 Å². The van der Waals surface area contributed by atoms with E-state index < -0.39 is 0 Å². The van der Waals surface area contributed by atoms with E-state index in [4.69, 9.17) is 11.6 Å². The number of fused-ring (bicyclic) bond motifs is 1. The van der Waals surface area contributed by atoms with Crippen LogP contribution >= 0.6 is 11.6 Å². The number of aryl methyl sites for hydroxylation is 1. The number of aromatic hydroxyl groups is 1. The van der Waals surface area contributed by atoms with Gasteiger partial charge in [0.05, 0.1) is 5.69 Å². The molecule has 0 saturated carbocycles. The van der Waals surface area contributed by atoms with Crippen molar-refractivity contribution in [1.82, 2.24) is 4.98 Å². The lowest BCUT2D eigenvalue weighted by Gasteiger charge is -2.07. The molecule has 1 heterocycles. The molecular formula is C16H13ClN2O2. The van der Waals surface area contributed by atoms with Gasteiger partial charge in [0.2, 0.25) is 0 Å². The number of aromatic nitrogens is 1. The smallest absolute Gasteiger partial charge is 0.272 e. The Balaban J connectivity index is 1.91. The zero-order valence-electron chi connectivity index (χ0n) is 11.3. The fourth-order valence-electron chi connectivity index (χ4n) is 2.16. The normalized spacial score (nSPS) is 10.8. The highest BCUT2D eigenvalue weighted by Crippen LogP contribution is 2.25. The lowest BCUT2D eigenvalue weighted by Crippen LogP contribution is -2.12. The third kappa shape index (κ3) is 2.71. The number of anilines is 1. The van der Waals surface area contributed by atoms with Gasteiger partial charge >= 0.3 is 0 Å². The minimum Gasteiger partial charge on any atom is -0.506 e. The number of carbonyl (C=O) groups is 1. The predicted octanol–water partition coefficient (Wildman–Crippen LogP) is 4.09. The molecule has 21 heavy (non-hydrogen) atoms. The van der Waals surface area contributed by atoms with Crippen LogP contribution in [-0.2, 0) is 0 Å². The van der Waals surface area contributed by atoms with Crippen LogP contribution in [0.1, 0.15) is 16.1 Å². The van der Waals surface area contributed by atoms with Crippen molar-refractivity contribution in [3.8, 4) is 5.75 Å². The van der Waals surface area contributed by atoms with Gasteiger partial charge in [-0.1, -0.05) is 23.7 Å². The molecule has 0 saturated heterocycles. The predicted molar refractivity (Wildman–Crippen MR) is 84.1 cm³/mol. The summed E-state index contributed by atoms with van der Waals surface area (Å²) in [5, 5.41) is 14.0. The van der Waals surface area contributed by atoms with Crippen molar-refractivity contribution < 1.29 is 9.90 Å². The van der Waals surface area contributed by atoms with Crippen molar-refractivity contribution in [1.29, 1.82) is 0 Å². The average molecular weight is 301 g/mol. The molecule has 0 aliphatic carbocycles. The molecule has 0 unspecified atom stereocenters. The quantitative estimate of drug-likeness (QED) is 0.624. The Morgan fingerprint density at radius 1 is 1.19 bits per heavy atom. The first-order chi connectivity index (χ1) is 10.0. The van der Waals surface area contributed by atoms with E-state index >= 15 is 0 Å². The van der Waals surface area contributed by atoms with Gasteiger partial charge in [-0.2, -0.15) is 0 Å². The molecule has 5 heteroatoms. The van der Waals surface area contributed by atoms with Crippen molar-refractivity contribution in [3.05, 3.63) is 58.7 Å². The fraction of sp³-hybridized carbons (Fsp3) is 0.0625. The first-order valence-electron chi connectivity index (χ1n) is 6.42. The van der Waals surface area contributed by atoms with E-state index in [1.807, 2.05) is 13.0 Å². The van der Waals surface area contributed by atoms with E-state index in [0.29, 0.717) is 16.4 Å². The van der Waals surface area contributed by atoms with Crippen molar-refractivity contribution in [2.45, 2.75) is 6.92 Å². The van der Waals surface area contributed by atoms with Crippen LogP contribution in [0.2, 0.25) is 5.02 Å². The number of carbonyl (C=O) groups excluding carboxylic acids is 1. The van der Waals surface area contributed by atoms with Gasteiger partial charge < -0.3 is 15.4 Å². The Bertz CT molecular complexity index is 839. The third-order valence-corrected chi connectivity index (χ3v) is 3.46. The molecule has 106 valence electrons. The number of nitrogens with one attached hydrogen (secondary N) is 2. The van der Waals surface area contributed by atoms with E-state index in [1.165, 1.54) is 0 Å². The Morgan fingerprint density at radius 3 is 2.81 bits per heavy atom. The second-order valence-corrected chi connectivity index (χ2v) is 5.33. The zero-order valence-corrected chi connectivity index (χ0v) is 12.0. The number of amides is 1. The number of H-pyrrole nitrogens is 1. The van der Waals surface area contributed by atoms with E-state index in [0.717, 1.165) is 16.5 Å². The highest BCUT2D eigenvalue weighted by atomic mass is 35.5. The summed E-state index contributed by atoms with van der Waals surface area (Å²) in [6.07, 6.45) is 0. The van der Waals surface area contributed by atoms with Crippen LogP contribution in [-0.4, -0.2) is 16.0 Å². The van der Waals surface area contributed by atoms with E-state index in [9.17, 15) is 9.90 Å². The maximum Gasteiger partial charge on any atom is 0.272 e. The summed E-state index contributed by atoms with van der Waals surface area (Å²) in [7, 11) is 0. The number of halogens is 1. The molecule has 4 nitrogen and oxygen atoms in total. The average Bonchev–Trinajstić information content (AvgIpc) is 2.86. The monoisotopic (exact) mass is 300 g/mol. The van der Waals surface area contributed by atoms with Crippen LogP contribution in [0.25, 0.3) is 10.9 Å². The summed E-state index contributed by atoms with van der Waals surface area (Å²) in [6.45, 7) is 1.89. The highest BCUT2D eigenvalue weighted by molar-refractivity contribution is 6.31. The summed E-state index contributed by atoms with van der Waals surface area (Å²) in [6, 6.07) is 12.2. The molecule has 3 rings (SSSR count). The van der Waals surface area contributed by atoms with Crippen LogP contribution in [0.4, 0.5) is 5.69 Å². The third-order valence-electron chi connectivity index (χ3n) is 3.23. The second-order valence-electron chi connectivity index (χ2n) is 4.89. The number of phenols is 1. The van der Waals surface area contributed by atoms with E-state index in [1.54, 1.807) is 36.4 Å². The lowest BCUT2D eigenvalue weighted by atomic mass is 10.2. The van der Waals surface area contributed by atoms with Gasteiger partial charge in [-0.05, 0) is 42.8 Å². The minimum absolute atomic E-state index is 0.0353. The lowest BCUT2D eigenvalue weighted by molar-refractivity contribution is 0.102. The second kappa shape index (κ2) is 5.14. The maximum absolute atomic E-state index is 12.2. The summed E-state index contributed by atoms with van der Waals surface area (Å²) in [4.78, 5) is 15.3. The zero-order chi connectivity index (χ0) is 15.0. The summed E-state index contributed by atoms with van der Waals surface area (Å²) in [5.74, 6) is -0.281. The molecule has 2 aromatic carbocycles. The number of hydrogen-bond donors (Lipinski definition) is 3. The van der Waals surface area contributed by atoms with Gasteiger partial charge in [0.15, 0.2) is 0 Å². The summed E-state index contributed by atoms with van der Waals surface area (Å²) >= 11 is 5.92. The number of rotatable bonds is 2. The van der Waals surface area contributed by atoms with Gasteiger partial charge in [-0.15, -0.1) is 0 Å². The molecule has 0 spiro atoms. The van der Waals surface area contributed by atoms with E-state index in [-0.39, 0.29) is 11.7 Å². The van der Waals surface area contributed by atoms with E-state index in [2.05, 4.69) is 10.3 Å². The molecule has 0 radical (unpaired) electrons. The highest BCUT2D eigenvalue weighted by Gasteiger charge is 2.12. The molecule has 1 amide bonds. The molecular weight excluding hydrogens is 288 g/mol. The van der Waals surface area contributed by atoms with Crippen LogP contribution in [0.3, 0.4) is 0 Å². The Kier molecular flexibility index (Phi) is 3.31.